The van der Waals surface area contributed by atoms with Gasteiger partial charge in [-0.2, -0.15) is 0 Å². The molecule has 7 rings (SSSR count). The average molecular weight is 669 g/mol. The lowest BCUT2D eigenvalue weighted by atomic mass is 9.98. The van der Waals surface area contributed by atoms with Crippen LogP contribution in [0.15, 0.2) is 103 Å². The molecule has 260 valence electrons. The molecule has 1 aliphatic heterocycles. The lowest BCUT2D eigenvalue weighted by Gasteiger charge is -2.26. The third-order valence-electron chi connectivity index (χ3n) is 10.3. The number of ether oxygens (including phenoxy) is 3. The van der Waals surface area contributed by atoms with Crippen LogP contribution in [-0.2, 0) is 31.0 Å². The topological polar surface area (TPSA) is 35.3 Å². The largest absolute Gasteiger partial charge is 0.489 e. The first-order valence-corrected chi connectivity index (χ1v) is 18.9. The third kappa shape index (κ3) is 8.17. The Bertz CT molecular complexity index is 1890. The minimum atomic E-state index is 0.533. The quantitative estimate of drug-likeness (QED) is 0.0854. The maximum atomic E-state index is 6.47. The molecule has 6 aromatic rings. The summed E-state index contributed by atoms with van der Waals surface area (Å²) in [5, 5.41) is 0. The lowest BCUT2D eigenvalue weighted by molar-refractivity contribution is 0.117. The minimum absolute atomic E-state index is 0.533. The van der Waals surface area contributed by atoms with Gasteiger partial charge in [0.15, 0.2) is 0 Å². The Morgan fingerprint density at radius 3 is 2.02 bits per heavy atom. The van der Waals surface area contributed by atoms with E-state index in [4.69, 9.17) is 14.2 Å². The second kappa shape index (κ2) is 17.1. The van der Waals surface area contributed by atoms with Crippen molar-refractivity contribution in [1.29, 1.82) is 0 Å². The van der Waals surface area contributed by atoms with E-state index in [1.807, 2.05) is 24.3 Å². The van der Waals surface area contributed by atoms with Crippen LogP contribution in [0.3, 0.4) is 0 Å². The fraction of sp³-hybridized carbons (Fsp3) is 0.378. The fourth-order valence-corrected chi connectivity index (χ4v) is 7.62. The number of rotatable bonds is 18. The molecule has 0 saturated carbocycles. The van der Waals surface area contributed by atoms with Gasteiger partial charge in [0.1, 0.15) is 24.7 Å². The van der Waals surface area contributed by atoms with Crippen LogP contribution in [0.25, 0.3) is 27.7 Å². The monoisotopic (exact) mass is 668 g/mol. The van der Waals surface area contributed by atoms with E-state index in [0.29, 0.717) is 19.8 Å². The number of unbranched alkanes of at least 4 members (excludes halogenated alkanes) is 4. The number of likely N-dealkylation sites (tertiary alicyclic amines) is 1. The molecule has 50 heavy (non-hydrogen) atoms. The van der Waals surface area contributed by atoms with Crippen molar-refractivity contribution in [1.82, 2.24) is 9.30 Å². The smallest absolute Gasteiger partial charge is 0.143 e. The minimum Gasteiger partial charge on any atom is -0.489 e. The van der Waals surface area contributed by atoms with Crippen molar-refractivity contribution in [2.75, 3.05) is 26.2 Å². The molecule has 0 spiro atoms. The van der Waals surface area contributed by atoms with Crippen LogP contribution in [0.5, 0.6) is 11.5 Å². The summed E-state index contributed by atoms with van der Waals surface area (Å²) in [5.41, 5.74) is 10.9. The molecule has 1 aliphatic rings. The Hall–Kier alpha value is -4.32. The van der Waals surface area contributed by atoms with E-state index in [9.17, 15) is 0 Å². The van der Waals surface area contributed by atoms with Crippen molar-refractivity contribution in [3.8, 4) is 22.6 Å². The van der Waals surface area contributed by atoms with Crippen molar-refractivity contribution in [3.63, 3.8) is 0 Å². The number of aryl methyl sites for hydroxylation is 1. The predicted octanol–water partition coefficient (Wildman–Crippen LogP) is 10.9. The van der Waals surface area contributed by atoms with E-state index in [-0.39, 0.29) is 0 Å². The molecule has 3 aromatic heterocycles. The summed E-state index contributed by atoms with van der Waals surface area (Å²) in [6.45, 7) is 8.60. The van der Waals surface area contributed by atoms with Gasteiger partial charge in [0.2, 0.25) is 0 Å². The second-order valence-electron chi connectivity index (χ2n) is 13.8. The lowest BCUT2D eigenvalue weighted by Crippen LogP contribution is -2.30. The highest BCUT2D eigenvalue weighted by Gasteiger charge is 2.24. The van der Waals surface area contributed by atoms with E-state index in [2.05, 4.69) is 95.1 Å². The van der Waals surface area contributed by atoms with Crippen LogP contribution >= 0.6 is 0 Å². The Kier molecular flexibility index (Phi) is 11.7. The van der Waals surface area contributed by atoms with Crippen molar-refractivity contribution in [2.24, 2.45) is 0 Å². The molecular formula is C45H52N2O3. The molecule has 0 aliphatic carbocycles. The fourth-order valence-electron chi connectivity index (χ4n) is 7.62. The average Bonchev–Trinajstić information content (AvgIpc) is 3.72. The third-order valence-corrected chi connectivity index (χ3v) is 10.3. The SMILES string of the molecule is CCc1c(-c2ccc(OCc3ccccc3)cc2)c2c(COCCCCCCCN3CCCCC3)cc3c(OCc4ccccc4)ccc1n32. The zero-order chi connectivity index (χ0) is 34.0. The maximum Gasteiger partial charge on any atom is 0.143 e. The van der Waals surface area contributed by atoms with Crippen LogP contribution < -0.4 is 9.47 Å². The predicted molar refractivity (Wildman–Crippen MR) is 205 cm³/mol. The van der Waals surface area contributed by atoms with Gasteiger partial charge in [-0.1, -0.05) is 105 Å². The van der Waals surface area contributed by atoms with Crippen molar-refractivity contribution < 1.29 is 14.2 Å². The molecule has 0 unspecified atom stereocenters. The zero-order valence-electron chi connectivity index (χ0n) is 29.7. The number of aromatic nitrogens is 1. The van der Waals surface area contributed by atoms with Crippen LogP contribution in [0.1, 0.15) is 80.5 Å². The Balaban J connectivity index is 1.08. The van der Waals surface area contributed by atoms with E-state index in [1.165, 1.54) is 97.9 Å². The summed E-state index contributed by atoms with van der Waals surface area (Å²) in [6, 6.07) is 36.0. The molecule has 0 amide bonds. The van der Waals surface area contributed by atoms with E-state index in [1.54, 1.807) is 0 Å². The number of hydrogen-bond acceptors (Lipinski definition) is 4. The Morgan fingerprint density at radius 1 is 0.620 bits per heavy atom. The molecule has 3 aromatic carbocycles. The molecule has 0 atom stereocenters. The van der Waals surface area contributed by atoms with Gasteiger partial charge < -0.3 is 23.5 Å². The second-order valence-corrected chi connectivity index (χ2v) is 13.8. The Labute approximate surface area is 298 Å². The summed E-state index contributed by atoms with van der Waals surface area (Å²) in [6.07, 6.45) is 11.4. The van der Waals surface area contributed by atoms with Gasteiger partial charge in [-0.15, -0.1) is 0 Å². The number of benzene rings is 3. The molecule has 4 heterocycles. The van der Waals surface area contributed by atoms with E-state index >= 15 is 0 Å². The van der Waals surface area contributed by atoms with E-state index in [0.717, 1.165) is 47.6 Å². The van der Waals surface area contributed by atoms with Crippen LogP contribution in [0.4, 0.5) is 0 Å². The highest BCUT2D eigenvalue weighted by molar-refractivity contribution is 5.98. The van der Waals surface area contributed by atoms with E-state index < -0.39 is 0 Å². The highest BCUT2D eigenvalue weighted by Crippen LogP contribution is 2.42. The molecule has 1 saturated heterocycles. The zero-order valence-corrected chi connectivity index (χ0v) is 29.7. The van der Waals surface area contributed by atoms with Gasteiger partial charge in [0.05, 0.1) is 23.2 Å². The maximum absolute atomic E-state index is 6.47. The summed E-state index contributed by atoms with van der Waals surface area (Å²) in [5.74, 6) is 1.77. The van der Waals surface area contributed by atoms with Gasteiger partial charge >= 0.3 is 0 Å². The van der Waals surface area contributed by atoms with Crippen molar-refractivity contribution >= 4 is 16.6 Å². The number of nitrogens with zero attached hydrogens (tertiary/aromatic N) is 2. The first-order valence-electron chi connectivity index (χ1n) is 18.9. The highest BCUT2D eigenvalue weighted by atomic mass is 16.5. The molecule has 0 bridgehead atoms. The molecule has 5 heteroatoms. The summed E-state index contributed by atoms with van der Waals surface area (Å²) in [4.78, 5) is 2.66. The van der Waals surface area contributed by atoms with Crippen LogP contribution in [0, 0.1) is 0 Å². The van der Waals surface area contributed by atoms with Crippen LogP contribution in [0.2, 0.25) is 0 Å². The van der Waals surface area contributed by atoms with Gasteiger partial charge in [-0.25, -0.2) is 0 Å². The standard InChI is InChI=1S/C45H52N2O3/c1-2-40-41-25-26-43(50-33-36-19-11-7-12-20-36)42-31-38(34-48-30-16-5-3-4-13-27-46-28-14-8-15-29-46)45(47(41)42)44(40)37-21-23-39(24-22-37)49-32-35-17-9-6-10-18-35/h6-7,9-12,17-26,31H,2-5,8,13-16,27-30,32-34H2,1H3. The first kappa shape index (κ1) is 34.1. The summed E-state index contributed by atoms with van der Waals surface area (Å²) >= 11 is 0. The first-order chi connectivity index (χ1) is 24.8. The van der Waals surface area contributed by atoms with Gasteiger partial charge in [-0.05, 0) is 104 Å². The number of piperidine rings is 1. The number of pyridine rings is 1. The summed E-state index contributed by atoms with van der Waals surface area (Å²) in [7, 11) is 0. The van der Waals surface area contributed by atoms with Gasteiger partial charge in [-0.3, -0.25) is 0 Å². The number of hydrogen-bond donors (Lipinski definition) is 0. The molecule has 1 fully saturated rings. The molecule has 0 N–H and O–H groups in total. The van der Waals surface area contributed by atoms with Crippen molar-refractivity contribution in [3.05, 3.63) is 125 Å². The normalized spacial score (nSPS) is 13.8. The van der Waals surface area contributed by atoms with Crippen molar-refractivity contribution in [2.45, 2.75) is 84.5 Å². The Morgan fingerprint density at radius 2 is 1.30 bits per heavy atom. The van der Waals surface area contributed by atoms with Gasteiger partial charge in [0.25, 0.3) is 0 Å². The molecular weight excluding hydrogens is 617 g/mol. The summed E-state index contributed by atoms with van der Waals surface area (Å²) < 4.78 is 21.5. The molecule has 0 radical (unpaired) electrons. The van der Waals surface area contributed by atoms with Gasteiger partial charge in [0, 0.05) is 17.7 Å². The van der Waals surface area contributed by atoms with Crippen LogP contribution in [-0.4, -0.2) is 35.5 Å². The molecule has 5 nitrogen and oxygen atoms in total.